The van der Waals surface area contributed by atoms with E-state index in [0.717, 1.165) is 12.8 Å². The number of nitrogens with zero attached hydrogens (tertiary/aromatic N) is 1. The van der Waals surface area contributed by atoms with Gasteiger partial charge in [0, 0.05) is 24.1 Å². The molecule has 6 heteroatoms. The van der Waals surface area contributed by atoms with Crippen LogP contribution in [0.15, 0.2) is 5.16 Å². The van der Waals surface area contributed by atoms with Crippen LogP contribution in [0.3, 0.4) is 0 Å². The Bertz CT molecular complexity index is 355. The number of carbonyl (C=O) groups excluding carboxylic acids is 1. The lowest BCUT2D eigenvalue weighted by molar-refractivity contribution is -0.129. The van der Waals surface area contributed by atoms with Crippen molar-refractivity contribution in [2.45, 2.75) is 53.9 Å². The zero-order valence-corrected chi connectivity index (χ0v) is 14.9. The highest BCUT2D eigenvalue weighted by atomic mass is 16.6. The second kappa shape index (κ2) is 9.79. The molecule has 0 radical (unpaired) electrons. The number of oxime groups is 1. The highest BCUT2D eigenvalue weighted by molar-refractivity contribution is 5.82. The zero-order chi connectivity index (χ0) is 17.2. The van der Waals surface area contributed by atoms with Crippen molar-refractivity contribution < 1.29 is 14.5 Å². The van der Waals surface area contributed by atoms with Gasteiger partial charge >= 0.3 is 0 Å². The van der Waals surface area contributed by atoms with Crippen molar-refractivity contribution in [3.63, 3.8) is 0 Å². The fourth-order valence-electron chi connectivity index (χ4n) is 2.50. The molecule has 3 N–H and O–H groups in total. The number of hydrogen-bond acceptors (Lipinski definition) is 5. The summed E-state index contributed by atoms with van der Waals surface area (Å²) in [5.74, 6) is 5.52. The summed E-state index contributed by atoms with van der Waals surface area (Å²) in [5.41, 5.74) is -0.657. The highest BCUT2D eigenvalue weighted by Gasteiger charge is 2.33. The van der Waals surface area contributed by atoms with E-state index in [1.54, 1.807) is 13.3 Å². The molecule has 0 aromatic heterocycles. The normalized spacial score (nSPS) is 14.1. The Balaban J connectivity index is 4.17. The van der Waals surface area contributed by atoms with Gasteiger partial charge in [0.25, 0.3) is 0 Å². The molecule has 0 rings (SSSR count). The highest BCUT2D eigenvalue weighted by Crippen LogP contribution is 2.32. The van der Waals surface area contributed by atoms with Crippen molar-refractivity contribution in [1.29, 1.82) is 0 Å². The second-order valence-corrected chi connectivity index (χ2v) is 7.25. The van der Waals surface area contributed by atoms with Gasteiger partial charge in [0.1, 0.15) is 6.61 Å². The monoisotopic (exact) mass is 315 g/mol. The summed E-state index contributed by atoms with van der Waals surface area (Å²) in [6.07, 6.45) is 4.29. The molecular formula is C16H33N3O3. The summed E-state index contributed by atoms with van der Waals surface area (Å²) >= 11 is 0. The van der Waals surface area contributed by atoms with E-state index < -0.39 is 5.41 Å². The molecule has 1 amide bonds. The van der Waals surface area contributed by atoms with Gasteiger partial charge in [0.2, 0.25) is 5.91 Å². The molecule has 0 aliphatic rings. The third-order valence-corrected chi connectivity index (χ3v) is 3.65. The number of nitrogens with two attached hydrogens (primary N) is 1. The van der Waals surface area contributed by atoms with Crippen LogP contribution in [-0.2, 0) is 14.5 Å². The summed E-state index contributed by atoms with van der Waals surface area (Å²) in [5, 5.41) is 6.75. The number of hydrogen-bond donors (Lipinski definition) is 2. The van der Waals surface area contributed by atoms with E-state index in [-0.39, 0.29) is 11.3 Å². The van der Waals surface area contributed by atoms with Crippen molar-refractivity contribution >= 4 is 12.1 Å². The smallest absolute Gasteiger partial charge is 0.225 e. The Labute approximate surface area is 134 Å². The lowest BCUT2D eigenvalue weighted by Gasteiger charge is -2.30. The van der Waals surface area contributed by atoms with Crippen molar-refractivity contribution in [3.8, 4) is 0 Å². The van der Waals surface area contributed by atoms with Crippen molar-refractivity contribution in [1.82, 2.24) is 5.32 Å². The Morgan fingerprint density at radius 3 is 2.41 bits per heavy atom. The first-order chi connectivity index (χ1) is 10.1. The van der Waals surface area contributed by atoms with E-state index in [2.05, 4.69) is 22.2 Å². The number of nitrogens with one attached hydrogen (secondary N) is 1. The van der Waals surface area contributed by atoms with Crippen molar-refractivity contribution in [2.75, 3.05) is 20.3 Å². The number of carbonyl (C=O) groups is 1. The van der Waals surface area contributed by atoms with Crippen LogP contribution in [0.2, 0.25) is 0 Å². The van der Waals surface area contributed by atoms with Crippen LogP contribution < -0.4 is 11.2 Å². The van der Waals surface area contributed by atoms with Crippen LogP contribution in [0, 0.1) is 16.7 Å². The first-order valence-corrected chi connectivity index (χ1v) is 7.85. The lowest BCUT2D eigenvalue weighted by atomic mass is 9.75. The Morgan fingerprint density at radius 2 is 1.86 bits per heavy atom. The van der Waals surface area contributed by atoms with Gasteiger partial charge in [0.05, 0.1) is 6.61 Å². The summed E-state index contributed by atoms with van der Waals surface area (Å²) < 4.78 is 0. The van der Waals surface area contributed by atoms with E-state index in [4.69, 9.17) is 10.7 Å². The van der Waals surface area contributed by atoms with Crippen molar-refractivity contribution in [2.24, 2.45) is 27.8 Å². The number of rotatable bonds is 11. The molecule has 0 aromatic rings. The summed E-state index contributed by atoms with van der Waals surface area (Å²) in [4.78, 5) is 21.7. The van der Waals surface area contributed by atoms with Gasteiger partial charge in [-0.25, -0.2) is 5.90 Å². The minimum Gasteiger partial charge on any atom is -0.396 e. The summed E-state index contributed by atoms with van der Waals surface area (Å²) in [7, 11) is 1.66. The first-order valence-electron chi connectivity index (χ1n) is 7.85. The maximum atomic E-state index is 11.8. The maximum absolute atomic E-state index is 11.8. The van der Waals surface area contributed by atoms with E-state index >= 15 is 0 Å². The summed E-state index contributed by atoms with van der Waals surface area (Å²) in [6, 6.07) is 0. The first kappa shape index (κ1) is 20.9. The second-order valence-electron chi connectivity index (χ2n) is 7.25. The fraction of sp³-hybridized carbons (Fsp3) is 0.875. The molecule has 1 unspecified atom stereocenters. The van der Waals surface area contributed by atoms with Crippen LogP contribution >= 0.6 is 0 Å². The Hall–Kier alpha value is -1.14. The minimum absolute atomic E-state index is 0.0332. The molecule has 22 heavy (non-hydrogen) atoms. The molecule has 130 valence electrons. The van der Waals surface area contributed by atoms with Crippen LogP contribution in [0.1, 0.15) is 53.9 Å². The van der Waals surface area contributed by atoms with Crippen LogP contribution in [0.5, 0.6) is 0 Å². The molecule has 0 aliphatic carbocycles. The molecule has 0 saturated carbocycles. The van der Waals surface area contributed by atoms with Crippen molar-refractivity contribution in [3.05, 3.63) is 0 Å². The topological polar surface area (TPSA) is 85.9 Å². The predicted molar refractivity (Wildman–Crippen MR) is 89.2 cm³/mol. The van der Waals surface area contributed by atoms with Gasteiger partial charge in [-0.05, 0) is 25.2 Å². The average molecular weight is 315 g/mol. The SMILES string of the molecule is CNC(=O)C(C)(C)CC(C)(C)/C=N/OCCC(C)CCON. The molecule has 0 heterocycles. The van der Waals surface area contributed by atoms with Gasteiger partial charge in [-0.1, -0.05) is 39.8 Å². The minimum atomic E-state index is -0.443. The molecule has 0 fully saturated rings. The molecule has 6 nitrogen and oxygen atoms in total. The fourth-order valence-corrected chi connectivity index (χ4v) is 2.50. The molecule has 0 bridgehead atoms. The van der Waals surface area contributed by atoms with Gasteiger partial charge < -0.3 is 15.0 Å². The Kier molecular flexibility index (Phi) is 9.28. The lowest BCUT2D eigenvalue weighted by Crippen LogP contribution is -2.38. The largest absolute Gasteiger partial charge is 0.396 e. The van der Waals surface area contributed by atoms with Gasteiger partial charge in [0.15, 0.2) is 0 Å². The quantitative estimate of drug-likeness (QED) is 0.348. The maximum Gasteiger partial charge on any atom is 0.225 e. The molecule has 0 aliphatic heterocycles. The van der Waals surface area contributed by atoms with E-state index in [0.29, 0.717) is 25.6 Å². The average Bonchev–Trinajstić information content (AvgIpc) is 2.42. The standard InChI is InChI=1S/C16H33N3O3/c1-13(7-9-21-17)8-10-22-19-12-15(2,3)11-16(4,5)14(20)18-6/h12-13H,7-11,17H2,1-6H3,(H,18,20)/b19-12+. The molecule has 0 spiro atoms. The van der Waals surface area contributed by atoms with E-state index in [9.17, 15) is 4.79 Å². The summed E-state index contributed by atoms with van der Waals surface area (Å²) in [6.45, 7) is 11.2. The van der Waals surface area contributed by atoms with Gasteiger partial charge in [-0.15, -0.1) is 0 Å². The molecule has 0 aromatic carbocycles. The zero-order valence-electron chi connectivity index (χ0n) is 14.9. The predicted octanol–water partition coefficient (Wildman–Crippen LogP) is 2.48. The Morgan fingerprint density at radius 1 is 1.27 bits per heavy atom. The molecule has 1 atom stereocenters. The van der Waals surface area contributed by atoms with E-state index in [1.807, 2.05) is 27.7 Å². The van der Waals surface area contributed by atoms with Crippen LogP contribution in [0.25, 0.3) is 0 Å². The van der Waals surface area contributed by atoms with Gasteiger partial charge in [-0.2, -0.15) is 0 Å². The number of amides is 1. The van der Waals surface area contributed by atoms with E-state index in [1.165, 1.54) is 0 Å². The van der Waals surface area contributed by atoms with Gasteiger partial charge in [-0.3, -0.25) is 4.79 Å². The molecular weight excluding hydrogens is 282 g/mol. The third kappa shape index (κ3) is 9.00. The third-order valence-electron chi connectivity index (χ3n) is 3.65. The molecule has 0 saturated heterocycles. The van der Waals surface area contributed by atoms with Crippen LogP contribution in [0.4, 0.5) is 0 Å². The van der Waals surface area contributed by atoms with Crippen LogP contribution in [-0.4, -0.2) is 32.4 Å².